The zero-order valence-electron chi connectivity index (χ0n) is 12.3. The van der Waals surface area contributed by atoms with Gasteiger partial charge in [-0.05, 0) is 55.7 Å². The maximum atomic E-state index is 13.5. The van der Waals surface area contributed by atoms with Crippen molar-refractivity contribution >= 4 is 11.6 Å². The lowest BCUT2D eigenvalue weighted by atomic mass is 10.0. The van der Waals surface area contributed by atoms with Crippen molar-refractivity contribution in [2.75, 3.05) is 0 Å². The van der Waals surface area contributed by atoms with Crippen LogP contribution in [0.3, 0.4) is 0 Å². The summed E-state index contributed by atoms with van der Waals surface area (Å²) >= 11 is 0. The summed E-state index contributed by atoms with van der Waals surface area (Å²) in [5.41, 5.74) is 6.31. The van der Waals surface area contributed by atoms with Crippen molar-refractivity contribution in [1.82, 2.24) is 5.43 Å². The van der Waals surface area contributed by atoms with Gasteiger partial charge in [0.15, 0.2) is 0 Å². The lowest BCUT2D eigenvalue weighted by Gasteiger charge is -2.06. The van der Waals surface area contributed by atoms with Crippen LogP contribution in [0.2, 0.25) is 0 Å². The molecule has 2 rings (SSSR count). The SMILES string of the molecule is C/C(=N\NC(=O)c1ccccc1F)c1ccc(C)c(C)c1. The Morgan fingerprint density at radius 3 is 2.48 bits per heavy atom. The van der Waals surface area contributed by atoms with Crippen molar-refractivity contribution in [1.29, 1.82) is 0 Å². The van der Waals surface area contributed by atoms with E-state index in [1.165, 1.54) is 23.8 Å². The molecule has 0 radical (unpaired) electrons. The number of benzene rings is 2. The molecular weight excluding hydrogens is 267 g/mol. The van der Waals surface area contributed by atoms with Crippen molar-refractivity contribution in [2.45, 2.75) is 20.8 Å². The van der Waals surface area contributed by atoms with E-state index in [4.69, 9.17) is 0 Å². The number of hydrazone groups is 1. The van der Waals surface area contributed by atoms with Gasteiger partial charge in [0.25, 0.3) is 5.91 Å². The van der Waals surface area contributed by atoms with Crippen LogP contribution in [-0.2, 0) is 0 Å². The number of amides is 1. The summed E-state index contributed by atoms with van der Waals surface area (Å²) in [4.78, 5) is 11.9. The fourth-order valence-corrected chi connectivity index (χ4v) is 1.87. The lowest BCUT2D eigenvalue weighted by molar-refractivity contribution is 0.0951. The molecule has 21 heavy (non-hydrogen) atoms. The number of hydrogen-bond donors (Lipinski definition) is 1. The van der Waals surface area contributed by atoms with E-state index in [1.807, 2.05) is 32.0 Å². The van der Waals surface area contributed by atoms with Crippen molar-refractivity contribution in [3.63, 3.8) is 0 Å². The minimum atomic E-state index is -0.561. The van der Waals surface area contributed by atoms with E-state index >= 15 is 0 Å². The summed E-state index contributed by atoms with van der Waals surface area (Å²) in [5, 5.41) is 4.03. The van der Waals surface area contributed by atoms with Crippen molar-refractivity contribution in [3.8, 4) is 0 Å². The highest BCUT2D eigenvalue weighted by molar-refractivity contribution is 6.01. The fraction of sp³-hybridized carbons (Fsp3) is 0.176. The van der Waals surface area contributed by atoms with Crippen molar-refractivity contribution in [2.24, 2.45) is 5.10 Å². The van der Waals surface area contributed by atoms with Gasteiger partial charge >= 0.3 is 0 Å². The van der Waals surface area contributed by atoms with Gasteiger partial charge in [-0.1, -0.05) is 24.3 Å². The Kier molecular flexibility index (Phi) is 4.48. The number of halogens is 1. The molecule has 0 bridgehead atoms. The Balaban J connectivity index is 2.15. The van der Waals surface area contributed by atoms with Gasteiger partial charge in [0.2, 0.25) is 0 Å². The van der Waals surface area contributed by atoms with Crippen LogP contribution in [0, 0.1) is 19.7 Å². The number of hydrogen-bond acceptors (Lipinski definition) is 2. The molecule has 2 aromatic rings. The molecule has 0 unspecified atom stereocenters. The molecule has 0 aromatic heterocycles. The Morgan fingerprint density at radius 2 is 1.81 bits per heavy atom. The van der Waals surface area contributed by atoms with E-state index in [-0.39, 0.29) is 5.56 Å². The molecule has 0 atom stereocenters. The van der Waals surface area contributed by atoms with Crippen LogP contribution < -0.4 is 5.43 Å². The highest BCUT2D eigenvalue weighted by Crippen LogP contribution is 2.11. The first kappa shape index (κ1) is 14.9. The third-order valence-corrected chi connectivity index (χ3v) is 3.37. The summed E-state index contributed by atoms with van der Waals surface area (Å²) in [6, 6.07) is 11.8. The van der Waals surface area contributed by atoms with Gasteiger partial charge in [0, 0.05) is 0 Å². The van der Waals surface area contributed by atoms with Crippen LogP contribution in [-0.4, -0.2) is 11.6 Å². The number of aryl methyl sites for hydroxylation is 2. The minimum absolute atomic E-state index is 0.0193. The van der Waals surface area contributed by atoms with Crippen LogP contribution in [0.5, 0.6) is 0 Å². The van der Waals surface area contributed by atoms with Crippen molar-refractivity contribution < 1.29 is 9.18 Å². The van der Waals surface area contributed by atoms with Crippen LogP contribution in [0.25, 0.3) is 0 Å². The quantitative estimate of drug-likeness (QED) is 0.679. The van der Waals surface area contributed by atoms with E-state index in [0.29, 0.717) is 5.71 Å². The van der Waals surface area contributed by atoms with Crippen LogP contribution in [0.15, 0.2) is 47.6 Å². The first-order valence-corrected chi connectivity index (χ1v) is 6.66. The summed E-state index contributed by atoms with van der Waals surface area (Å²) in [7, 11) is 0. The first-order chi connectivity index (χ1) is 9.99. The molecule has 2 aromatic carbocycles. The highest BCUT2D eigenvalue weighted by Gasteiger charge is 2.10. The van der Waals surface area contributed by atoms with Gasteiger partial charge in [-0.15, -0.1) is 0 Å². The minimum Gasteiger partial charge on any atom is -0.267 e. The number of rotatable bonds is 3. The third kappa shape index (κ3) is 3.54. The Labute approximate surface area is 123 Å². The van der Waals surface area contributed by atoms with E-state index in [1.54, 1.807) is 13.0 Å². The summed E-state index contributed by atoms with van der Waals surface area (Å²) in [6.45, 7) is 5.85. The molecule has 0 saturated heterocycles. The van der Waals surface area contributed by atoms with Gasteiger partial charge in [0.05, 0.1) is 11.3 Å². The average Bonchev–Trinajstić information content (AvgIpc) is 2.47. The Morgan fingerprint density at radius 1 is 1.10 bits per heavy atom. The maximum absolute atomic E-state index is 13.5. The molecule has 0 fully saturated rings. The number of carbonyl (C=O) groups excluding carboxylic acids is 1. The number of carbonyl (C=O) groups is 1. The molecule has 1 N–H and O–H groups in total. The molecule has 0 aliphatic carbocycles. The van der Waals surface area contributed by atoms with Gasteiger partial charge < -0.3 is 0 Å². The smallest absolute Gasteiger partial charge is 0.267 e. The molecule has 4 heteroatoms. The molecule has 108 valence electrons. The molecule has 0 aliphatic heterocycles. The summed E-state index contributed by atoms with van der Waals surface area (Å²) in [5.74, 6) is -1.12. The van der Waals surface area contributed by atoms with E-state index < -0.39 is 11.7 Å². The largest absolute Gasteiger partial charge is 0.274 e. The molecule has 0 saturated carbocycles. The third-order valence-electron chi connectivity index (χ3n) is 3.37. The normalized spacial score (nSPS) is 11.3. The predicted molar refractivity (Wildman–Crippen MR) is 82.0 cm³/mol. The summed E-state index contributed by atoms with van der Waals surface area (Å²) in [6.07, 6.45) is 0. The first-order valence-electron chi connectivity index (χ1n) is 6.66. The molecule has 0 heterocycles. The van der Waals surface area contributed by atoms with Crippen LogP contribution in [0.4, 0.5) is 4.39 Å². The number of nitrogens with zero attached hydrogens (tertiary/aromatic N) is 1. The lowest BCUT2D eigenvalue weighted by Crippen LogP contribution is -2.20. The molecule has 0 spiro atoms. The van der Waals surface area contributed by atoms with Gasteiger partial charge in [-0.2, -0.15) is 5.10 Å². The predicted octanol–water partition coefficient (Wildman–Crippen LogP) is 3.60. The monoisotopic (exact) mass is 284 g/mol. The van der Waals surface area contributed by atoms with Crippen LogP contribution >= 0.6 is 0 Å². The molecule has 0 aliphatic rings. The second-order valence-corrected chi connectivity index (χ2v) is 4.92. The zero-order chi connectivity index (χ0) is 15.4. The second-order valence-electron chi connectivity index (χ2n) is 4.92. The molecular formula is C17H17FN2O. The molecule has 1 amide bonds. The topological polar surface area (TPSA) is 41.5 Å². The van der Waals surface area contributed by atoms with E-state index in [0.717, 1.165) is 11.1 Å². The van der Waals surface area contributed by atoms with Crippen molar-refractivity contribution in [3.05, 3.63) is 70.5 Å². The summed E-state index contributed by atoms with van der Waals surface area (Å²) < 4.78 is 13.5. The zero-order valence-corrected chi connectivity index (χ0v) is 12.3. The number of nitrogens with one attached hydrogen (secondary N) is 1. The van der Waals surface area contributed by atoms with Gasteiger partial charge in [0.1, 0.15) is 5.82 Å². The van der Waals surface area contributed by atoms with E-state index in [9.17, 15) is 9.18 Å². The highest BCUT2D eigenvalue weighted by atomic mass is 19.1. The van der Waals surface area contributed by atoms with Gasteiger partial charge in [-0.25, -0.2) is 9.82 Å². The molecule has 3 nitrogen and oxygen atoms in total. The van der Waals surface area contributed by atoms with E-state index in [2.05, 4.69) is 10.5 Å². The fourth-order valence-electron chi connectivity index (χ4n) is 1.87. The van der Waals surface area contributed by atoms with Gasteiger partial charge in [-0.3, -0.25) is 4.79 Å². The Hall–Kier alpha value is -2.49. The Bertz CT molecular complexity index is 708. The maximum Gasteiger partial charge on any atom is 0.274 e. The second kappa shape index (κ2) is 6.31. The van der Waals surface area contributed by atoms with Crippen LogP contribution in [0.1, 0.15) is 34.0 Å². The standard InChI is InChI=1S/C17H17FN2O/c1-11-8-9-14(10-12(11)2)13(3)19-20-17(21)15-6-4-5-7-16(15)18/h4-10H,1-3H3,(H,20,21)/b19-13+. The average molecular weight is 284 g/mol.